The van der Waals surface area contributed by atoms with Crippen molar-refractivity contribution >= 4 is 27.7 Å². The highest BCUT2D eigenvalue weighted by Gasteiger charge is 2.08. The van der Waals surface area contributed by atoms with Crippen LogP contribution in [0.3, 0.4) is 0 Å². The fourth-order valence-corrected chi connectivity index (χ4v) is 1.92. The normalized spacial score (nSPS) is 10.0. The molecule has 4 nitrogen and oxygen atoms in total. The predicted octanol–water partition coefficient (Wildman–Crippen LogP) is 3.11. The maximum atomic E-state index is 8.42. The van der Waals surface area contributed by atoms with Gasteiger partial charge in [-0.15, -0.1) is 10.2 Å². The van der Waals surface area contributed by atoms with Gasteiger partial charge in [-0.25, -0.2) is 0 Å². The van der Waals surface area contributed by atoms with E-state index in [9.17, 15) is 0 Å². The van der Waals surface area contributed by atoms with Crippen LogP contribution in [-0.4, -0.2) is 16.0 Å². The number of hydrogen-bond acceptors (Lipinski definition) is 5. The van der Waals surface area contributed by atoms with Gasteiger partial charge in [0.15, 0.2) is 0 Å². The number of halogens is 1. The Hall–Kier alpha value is -1.32. The van der Waals surface area contributed by atoms with Crippen molar-refractivity contribution in [2.75, 3.05) is 5.75 Å². The molecule has 0 atom stereocenters. The van der Waals surface area contributed by atoms with E-state index < -0.39 is 0 Å². The van der Waals surface area contributed by atoms with Crippen LogP contribution in [0.4, 0.5) is 0 Å². The van der Waals surface area contributed by atoms with Crippen molar-refractivity contribution < 1.29 is 4.42 Å². The average molecular weight is 296 g/mol. The summed E-state index contributed by atoms with van der Waals surface area (Å²) in [6.45, 7) is 0. The molecule has 2 aromatic rings. The van der Waals surface area contributed by atoms with Crippen LogP contribution in [0.2, 0.25) is 0 Å². The van der Waals surface area contributed by atoms with Crippen molar-refractivity contribution in [3.8, 4) is 17.5 Å². The average Bonchev–Trinajstić information content (AvgIpc) is 2.75. The molecule has 6 heteroatoms. The Morgan fingerprint density at radius 1 is 1.44 bits per heavy atom. The molecule has 0 saturated carbocycles. The molecule has 16 heavy (non-hydrogen) atoms. The van der Waals surface area contributed by atoms with Crippen molar-refractivity contribution in [1.82, 2.24) is 10.2 Å². The lowest BCUT2D eigenvalue weighted by atomic mass is 10.2. The summed E-state index contributed by atoms with van der Waals surface area (Å²) in [5.41, 5.74) is 0.852. The van der Waals surface area contributed by atoms with Crippen LogP contribution in [0.15, 0.2) is 38.4 Å². The highest BCUT2D eigenvalue weighted by molar-refractivity contribution is 9.10. The number of thioether (sulfide) groups is 1. The number of hydrogen-bond donors (Lipinski definition) is 0. The quantitative estimate of drug-likeness (QED) is 0.814. The van der Waals surface area contributed by atoms with Crippen LogP contribution in [0.25, 0.3) is 11.5 Å². The van der Waals surface area contributed by atoms with E-state index in [1.807, 2.05) is 30.3 Å². The summed E-state index contributed by atoms with van der Waals surface area (Å²) in [5.74, 6) is 0.766. The molecule has 0 amide bonds. The monoisotopic (exact) mass is 295 g/mol. The third-order valence-corrected chi connectivity index (χ3v) is 2.92. The summed E-state index contributed by atoms with van der Waals surface area (Å²) in [7, 11) is 0. The fourth-order valence-electron chi connectivity index (χ4n) is 1.10. The fraction of sp³-hybridized carbons (Fsp3) is 0.100. The van der Waals surface area contributed by atoms with Crippen molar-refractivity contribution in [2.45, 2.75) is 5.22 Å². The third kappa shape index (κ3) is 2.62. The van der Waals surface area contributed by atoms with Gasteiger partial charge in [-0.1, -0.05) is 33.8 Å². The molecule has 80 valence electrons. The second-order valence-corrected chi connectivity index (χ2v) is 4.67. The first-order valence-electron chi connectivity index (χ1n) is 4.39. The molecule has 0 aliphatic carbocycles. The summed E-state index contributed by atoms with van der Waals surface area (Å²) in [6.07, 6.45) is 0. The minimum absolute atomic E-state index is 0.306. The highest BCUT2D eigenvalue weighted by Crippen LogP contribution is 2.24. The lowest BCUT2D eigenvalue weighted by molar-refractivity contribution is 0.466. The number of nitriles is 1. The molecule has 0 spiro atoms. The van der Waals surface area contributed by atoms with Gasteiger partial charge >= 0.3 is 0 Å². The Labute approximate surface area is 105 Å². The summed E-state index contributed by atoms with van der Waals surface area (Å²) in [6, 6.07) is 9.60. The first-order chi connectivity index (χ1) is 7.79. The van der Waals surface area contributed by atoms with Gasteiger partial charge in [-0.2, -0.15) is 5.26 Å². The minimum atomic E-state index is 0.306. The Bertz CT molecular complexity index is 535. The van der Waals surface area contributed by atoms with E-state index in [0.29, 0.717) is 16.9 Å². The zero-order valence-electron chi connectivity index (χ0n) is 8.05. The molecule has 2 rings (SSSR count). The molecule has 0 saturated heterocycles. The number of aromatic nitrogens is 2. The second kappa shape index (κ2) is 5.14. The topological polar surface area (TPSA) is 62.7 Å². The van der Waals surface area contributed by atoms with E-state index >= 15 is 0 Å². The van der Waals surface area contributed by atoms with E-state index in [1.165, 1.54) is 11.8 Å². The molecule has 0 fully saturated rings. The van der Waals surface area contributed by atoms with Crippen LogP contribution < -0.4 is 0 Å². The van der Waals surface area contributed by atoms with Crippen LogP contribution in [-0.2, 0) is 0 Å². The minimum Gasteiger partial charge on any atom is -0.411 e. The van der Waals surface area contributed by atoms with Gasteiger partial charge in [0.25, 0.3) is 5.22 Å². The number of benzene rings is 1. The first kappa shape index (κ1) is 11.2. The van der Waals surface area contributed by atoms with Gasteiger partial charge < -0.3 is 4.42 Å². The lowest BCUT2D eigenvalue weighted by Gasteiger charge is -1.94. The lowest BCUT2D eigenvalue weighted by Crippen LogP contribution is -1.76. The molecule has 1 heterocycles. The molecular formula is C10H6BrN3OS. The summed E-state index contributed by atoms with van der Waals surface area (Å²) in [4.78, 5) is 0. The van der Waals surface area contributed by atoms with Gasteiger partial charge in [0.2, 0.25) is 5.89 Å². The zero-order valence-corrected chi connectivity index (χ0v) is 10.5. The zero-order chi connectivity index (χ0) is 11.4. The Kier molecular flexibility index (Phi) is 3.59. The van der Waals surface area contributed by atoms with Crippen molar-refractivity contribution in [2.24, 2.45) is 0 Å². The van der Waals surface area contributed by atoms with Crippen molar-refractivity contribution in [1.29, 1.82) is 5.26 Å². The van der Waals surface area contributed by atoms with E-state index in [4.69, 9.17) is 9.68 Å². The van der Waals surface area contributed by atoms with Gasteiger partial charge in [0.1, 0.15) is 0 Å². The largest absolute Gasteiger partial charge is 0.411 e. The van der Waals surface area contributed by atoms with Gasteiger partial charge in [-0.05, 0) is 18.2 Å². The third-order valence-electron chi connectivity index (χ3n) is 1.74. The van der Waals surface area contributed by atoms with Crippen LogP contribution in [0.5, 0.6) is 0 Å². The first-order valence-corrected chi connectivity index (χ1v) is 6.16. The van der Waals surface area contributed by atoms with Crippen LogP contribution in [0, 0.1) is 11.3 Å². The molecule has 0 unspecified atom stereocenters. The molecule has 0 aliphatic rings. The van der Waals surface area contributed by atoms with E-state index in [-0.39, 0.29) is 0 Å². The summed E-state index contributed by atoms with van der Waals surface area (Å²) >= 11 is 4.60. The van der Waals surface area contributed by atoms with Crippen LogP contribution in [0.1, 0.15) is 0 Å². The molecule has 0 aliphatic heterocycles. The molecular weight excluding hydrogens is 290 g/mol. The Balaban J connectivity index is 2.22. The number of nitrogens with zero attached hydrogens (tertiary/aromatic N) is 3. The SMILES string of the molecule is N#CCSc1nnc(-c2cccc(Br)c2)o1. The van der Waals surface area contributed by atoms with E-state index in [2.05, 4.69) is 26.1 Å². The molecule has 0 radical (unpaired) electrons. The summed E-state index contributed by atoms with van der Waals surface area (Å²) < 4.78 is 6.35. The standard InChI is InChI=1S/C10H6BrN3OS/c11-8-3-1-2-7(6-8)9-13-14-10(15-9)16-5-4-12/h1-3,6H,5H2. The smallest absolute Gasteiger partial charge is 0.277 e. The van der Waals surface area contributed by atoms with E-state index in [0.717, 1.165) is 10.0 Å². The molecule has 1 aromatic carbocycles. The maximum Gasteiger partial charge on any atom is 0.277 e. The van der Waals surface area contributed by atoms with Gasteiger partial charge in [0.05, 0.1) is 11.8 Å². The van der Waals surface area contributed by atoms with Gasteiger partial charge in [-0.3, -0.25) is 0 Å². The molecule has 1 aromatic heterocycles. The second-order valence-electron chi connectivity index (χ2n) is 2.83. The maximum absolute atomic E-state index is 8.42. The van der Waals surface area contributed by atoms with Crippen LogP contribution >= 0.6 is 27.7 Å². The Morgan fingerprint density at radius 3 is 3.06 bits per heavy atom. The Morgan fingerprint density at radius 2 is 2.31 bits per heavy atom. The van der Waals surface area contributed by atoms with E-state index in [1.54, 1.807) is 0 Å². The van der Waals surface area contributed by atoms with Crippen molar-refractivity contribution in [3.05, 3.63) is 28.7 Å². The highest BCUT2D eigenvalue weighted by atomic mass is 79.9. The van der Waals surface area contributed by atoms with Crippen molar-refractivity contribution in [3.63, 3.8) is 0 Å². The predicted molar refractivity (Wildman–Crippen MR) is 63.8 cm³/mol. The molecule has 0 bridgehead atoms. The summed E-state index contributed by atoms with van der Waals surface area (Å²) in [5, 5.41) is 16.6. The number of rotatable bonds is 3. The molecule has 0 N–H and O–H groups in total. The van der Waals surface area contributed by atoms with Gasteiger partial charge in [0, 0.05) is 10.0 Å².